The normalized spacial score (nSPS) is 21.0. The van der Waals surface area contributed by atoms with Crippen LogP contribution in [-0.4, -0.2) is 18.6 Å². The fourth-order valence-electron chi connectivity index (χ4n) is 1.58. The van der Waals surface area contributed by atoms with Crippen molar-refractivity contribution in [1.29, 1.82) is 0 Å². The van der Waals surface area contributed by atoms with Gasteiger partial charge in [-0.3, -0.25) is 4.90 Å². The van der Waals surface area contributed by atoms with Crippen LogP contribution < -0.4 is 4.90 Å². The summed E-state index contributed by atoms with van der Waals surface area (Å²) in [5.74, 6) is 0. The summed E-state index contributed by atoms with van der Waals surface area (Å²) in [6, 6.07) is 10.6. The molecule has 1 heterocycles. The Morgan fingerprint density at radius 1 is 1.31 bits per heavy atom. The summed E-state index contributed by atoms with van der Waals surface area (Å²) in [5, 5.41) is 0. The van der Waals surface area contributed by atoms with Crippen LogP contribution in [0, 0.1) is 0 Å². The predicted octanol–water partition coefficient (Wildman–Crippen LogP) is 0.446. The molecule has 0 aromatic heterocycles. The third-order valence-electron chi connectivity index (χ3n) is 2.25. The average molecular weight is 175 g/mol. The molecule has 0 amide bonds. The van der Waals surface area contributed by atoms with Gasteiger partial charge in [-0.1, -0.05) is 30.3 Å². The Hall–Kier alpha value is -1.28. The van der Waals surface area contributed by atoms with Gasteiger partial charge in [0.15, 0.2) is 6.67 Å². The number of hydrogen-bond acceptors (Lipinski definition) is 1. The summed E-state index contributed by atoms with van der Waals surface area (Å²) < 4.78 is 0. The fraction of sp³-hybridized carbons (Fsp3) is 0.273. The molecule has 2 heteroatoms. The van der Waals surface area contributed by atoms with E-state index in [1.807, 2.05) is 0 Å². The van der Waals surface area contributed by atoms with E-state index in [0.717, 1.165) is 13.2 Å². The first-order valence-electron chi connectivity index (χ1n) is 4.63. The maximum atomic E-state index is 2.32. The second-order valence-electron chi connectivity index (χ2n) is 3.55. The molecule has 13 heavy (non-hydrogen) atoms. The molecular formula is C11H15N2+. The van der Waals surface area contributed by atoms with Crippen LogP contribution >= 0.6 is 0 Å². The van der Waals surface area contributed by atoms with E-state index in [2.05, 4.69) is 54.7 Å². The van der Waals surface area contributed by atoms with Crippen molar-refractivity contribution < 1.29 is 4.90 Å². The summed E-state index contributed by atoms with van der Waals surface area (Å²) in [6.07, 6.45) is 4.35. The SMILES string of the molecule is C[NH+]1C=CN(Cc2ccccc2)C1. The van der Waals surface area contributed by atoms with E-state index in [1.165, 1.54) is 10.5 Å². The molecule has 1 aliphatic heterocycles. The van der Waals surface area contributed by atoms with Gasteiger partial charge in [0.1, 0.15) is 6.20 Å². The average Bonchev–Trinajstić information content (AvgIpc) is 2.53. The van der Waals surface area contributed by atoms with Gasteiger partial charge in [-0.2, -0.15) is 0 Å². The Bertz CT molecular complexity index is 292. The van der Waals surface area contributed by atoms with Gasteiger partial charge in [-0.25, -0.2) is 0 Å². The van der Waals surface area contributed by atoms with Crippen molar-refractivity contribution in [3.8, 4) is 0 Å². The van der Waals surface area contributed by atoms with Crippen LogP contribution in [-0.2, 0) is 6.54 Å². The van der Waals surface area contributed by atoms with Crippen LogP contribution in [0.5, 0.6) is 0 Å². The predicted molar refractivity (Wildman–Crippen MR) is 52.9 cm³/mol. The largest absolute Gasteiger partial charge is 0.322 e. The van der Waals surface area contributed by atoms with Crippen LogP contribution in [0.15, 0.2) is 42.7 Å². The van der Waals surface area contributed by atoms with Crippen LogP contribution in [0.2, 0.25) is 0 Å². The molecule has 2 rings (SSSR count). The lowest BCUT2D eigenvalue weighted by Crippen LogP contribution is -3.03. The van der Waals surface area contributed by atoms with E-state index in [1.54, 1.807) is 0 Å². The molecule has 2 nitrogen and oxygen atoms in total. The molecule has 1 aromatic carbocycles. The molecule has 0 bridgehead atoms. The molecule has 0 radical (unpaired) electrons. The number of benzene rings is 1. The number of quaternary nitrogens is 1. The quantitative estimate of drug-likeness (QED) is 0.685. The van der Waals surface area contributed by atoms with E-state index < -0.39 is 0 Å². The molecule has 0 saturated heterocycles. The second-order valence-corrected chi connectivity index (χ2v) is 3.55. The van der Waals surface area contributed by atoms with E-state index in [9.17, 15) is 0 Å². The van der Waals surface area contributed by atoms with Crippen molar-refractivity contribution >= 4 is 0 Å². The van der Waals surface area contributed by atoms with Gasteiger partial charge >= 0.3 is 0 Å². The van der Waals surface area contributed by atoms with Crippen molar-refractivity contribution in [3.05, 3.63) is 48.3 Å². The van der Waals surface area contributed by atoms with Gasteiger partial charge in [0.25, 0.3) is 0 Å². The molecule has 0 fully saturated rings. The number of nitrogens with zero attached hydrogens (tertiary/aromatic N) is 1. The summed E-state index contributed by atoms with van der Waals surface area (Å²) in [4.78, 5) is 3.76. The molecule has 0 saturated carbocycles. The molecule has 0 aliphatic carbocycles. The van der Waals surface area contributed by atoms with Crippen molar-refractivity contribution in [1.82, 2.24) is 4.90 Å². The van der Waals surface area contributed by atoms with Crippen LogP contribution in [0.4, 0.5) is 0 Å². The Morgan fingerprint density at radius 2 is 2.08 bits per heavy atom. The zero-order valence-electron chi connectivity index (χ0n) is 7.90. The number of nitrogens with one attached hydrogen (secondary N) is 1. The standard InChI is InChI=1S/C11H14N2/c1-12-7-8-13(10-12)9-11-5-3-2-4-6-11/h2-8H,9-10H2,1H3/p+1. The molecular weight excluding hydrogens is 160 g/mol. The molecule has 1 aliphatic rings. The van der Waals surface area contributed by atoms with Crippen molar-refractivity contribution in [2.45, 2.75) is 6.54 Å². The topological polar surface area (TPSA) is 7.68 Å². The first-order valence-corrected chi connectivity index (χ1v) is 4.63. The number of rotatable bonds is 2. The molecule has 1 aromatic rings. The van der Waals surface area contributed by atoms with Gasteiger partial charge in [0.2, 0.25) is 0 Å². The van der Waals surface area contributed by atoms with Gasteiger partial charge in [-0.05, 0) is 5.56 Å². The highest BCUT2D eigenvalue weighted by Crippen LogP contribution is 2.04. The lowest BCUT2D eigenvalue weighted by molar-refractivity contribution is -0.827. The zero-order chi connectivity index (χ0) is 9.10. The van der Waals surface area contributed by atoms with E-state index in [0.29, 0.717) is 0 Å². The zero-order valence-corrected chi connectivity index (χ0v) is 7.90. The minimum absolute atomic E-state index is 1.02. The Balaban J connectivity index is 1.96. The molecule has 0 spiro atoms. The van der Waals surface area contributed by atoms with Gasteiger partial charge in [-0.15, -0.1) is 0 Å². The first-order chi connectivity index (χ1) is 6.34. The highest BCUT2D eigenvalue weighted by Gasteiger charge is 2.11. The summed E-state index contributed by atoms with van der Waals surface area (Å²) in [7, 11) is 2.17. The lowest BCUT2D eigenvalue weighted by atomic mass is 10.2. The van der Waals surface area contributed by atoms with Crippen molar-refractivity contribution in [2.75, 3.05) is 13.7 Å². The minimum Gasteiger partial charge on any atom is -0.322 e. The van der Waals surface area contributed by atoms with Crippen LogP contribution in [0.25, 0.3) is 0 Å². The highest BCUT2D eigenvalue weighted by molar-refractivity contribution is 5.14. The smallest absolute Gasteiger partial charge is 0.157 e. The maximum absolute atomic E-state index is 2.32. The molecule has 1 unspecified atom stereocenters. The van der Waals surface area contributed by atoms with Crippen molar-refractivity contribution in [3.63, 3.8) is 0 Å². The van der Waals surface area contributed by atoms with Gasteiger partial charge in [0.05, 0.1) is 13.2 Å². The highest BCUT2D eigenvalue weighted by atomic mass is 15.3. The van der Waals surface area contributed by atoms with E-state index in [4.69, 9.17) is 0 Å². The second kappa shape index (κ2) is 3.62. The van der Waals surface area contributed by atoms with Gasteiger partial charge < -0.3 is 4.90 Å². The summed E-state index contributed by atoms with van der Waals surface area (Å²) >= 11 is 0. The Labute approximate surface area is 79.1 Å². The monoisotopic (exact) mass is 175 g/mol. The Kier molecular flexibility index (Phi) is 2.32. The van der Waals surface area contributed by atoms with Crippen LogP contribution in [0.1, 0.15) is 5.56 Å². The van der Waals surface area contributed by atoms with E-state index in [-0.39, 0.29) is 0 Å². The summed E-state index contributed by atoms with van der Waals surface area (Å²) in [6.45, 7) is 2.10. The number of hydrogen-bond donors (Lipinski definition) is 1. The molecule has 1 atom stereocenters. The fourth-order valence-corrected chi connectivity index (χ4v) is 1.58. The first kappa shape index (κ1) is 8.32. The molecule has 1 N–H and O–H groups in total. The van der Waals surface area contributed by atoms with E-state index >= 15 is 0 Å². The Morgan fingerprint density at radius 3 is 2.69 bits per heavy atom. The summed E-state index contributed by atoms with van der Waals surface area (Å²) in [5.41, 5.74) is 1.38. The maximum Gasteiger partial charge on any atom is 0.157 e. The third-order valence-corrected chi connectivity index (χ3v) is 2.25. The van der Waals surface area contributed by atoms with Crippen LogP contribution in [0.3, 0.4) is 0 Å². The van der Waals surface area contributed by atoms with Gasteiger partial charge in [0, 0.05) is 6.54 Å². The van der Waals surface area contributed by atoms with Crippen molar-refractivity contribution in [2.24, 2.45) is 0 Å². The third kappa shape index (κ3) is 2.10. The minimum atomic E-state index is 1.02. The lowest BCUT2D eigenvalue weighted by Gasteiger charge is -2.14. The molecule has 68 valence electrons.